The number of aliphatic hydroxyl groups excluding tert-OH is 1. The van der Waals surface area contributed by atoms with Crippen LogP contribution in [-0.4, -0.2) is 89.2 Å². The second kappa shape index (κ2) is 12.2. The molecule has 0 radical (unpaired) electrons. The first-order valence-corrected chi connectivity index (χ1v) is 7.49. The number of nitrogens with two attached hydrogens (primary N) is 1. The summed E-state index contributed by atoms with van der Waals surface area (Å²) in [4.78, 5) is 67.6. The van der Waals surface area contributed by atoms with Crippen molar-refractivity contribution in [1.29, 1.82) is 0 Å². The molecule has 0 fully saturated rings. The van der Waals surface area contributed by atoms with Gasteiger partial charge in [0.15, 0.2) is 0 Å². The molecule has 27 heavy (non-hydrogen) atoms. The Hall–Kier alpha value is -3.26. The first kappa shape index (κ1) is 23.7. The topological polar surface area (TPSA) is 237 Å². The van der Waals surface area contributed by atoms with Gasteiger partial charge in [0.05, 0.1) is 26.1 Å². The highest BCUT2D eigenvalue weighted by atomic mass is 16.4. The minimum absolute atomic E-state index is 0.501. The molecule has 2 unspecified atom stereocenters. The molecular weight excluding hydrogens is 370 g/mol. The lowest BCUT2D eigenvalue weighted by atomic mass is 10.1. The molecule has 14 nitrogen and oxygen atoms in total. The van der Waals surface area contributed by atoms with E-state index in [1.54, 1.807) is 0 Å². The summed E-state index contributed by atoms with van der Waals surface area (Å²) in [6, 6.07) is -3.09. The minimum Gasteiger partial charge on any atom is -0.481 e. The number of carbonyl (C=O) groups is 6. The number of carboxylic acid groups (broad SMARTS) is 2. The van der Waals surface area contributed by atoms with Crippen LogP contribution in [0, 0.1) is 0 Å². The molecule has 2 atom stereocenters. The van der Waals surface area contributed by atoms with Gasteiger partial charge in [-0.3, -0.25) is 28.8 Å². The molecule has 0 saturated heterocycles. The Morgan fingerprint density at radius 3 is 1.89 bits per heavy atom. The molecule has 0 aliphatic rings. The lowest BCUT2D eigenvalue weighted by Gasteiger charge is -2.21. The lowest BCUT2D eigenvalue weighted by Crippen LogP contribution is -2.56. The molecule has 0 aromatic rings. The Labute approximate surface area is 152 Å². The zero-order valence-corrected chi connectivity index (χ0v) is 14.1. The Morgan fingerprint density at radius 2 is 1.41 bits per heavy atom. The van der Waals surface area contributed by atoms with Gasteiger partial charge in [-0.1, -0.05) is 0 Å². The quantitative estimate of drug-likeness (QED) is 0.157. The van der Waals surface area contributed by atoms with Crippen molar-refractivity contribution in [3.63, 3.8) is 0 Å². The van der Waals surface area contributed by atoms with E-state index in [1.807, 2.05) is 10.6 Å². The molecule has 9 N–H and O–H groups in total. The first-order valence-electron chi connectivity index (χ1n) is 7.49. The molecular formula is C13H21N5O9. The van der Waals surface area contributed by atoms with Crippen LogP contribution in [0.25, 0.3) is 0 Å². The third-order valence-corrected chi connectivity index (χ3v) is 2.89. The van der Waals surface area contributed by atoms with E-state index in [0.29, 0.717) is 0 Å². The summed E-state index contributed by atoms with van der Waals surface area (Å²) in [5.41, 5.74) is 5.07. The van der Waals surface area contributed by atoms with Crippen LogP contribution in [0.4, 0.5) is 0 Å². The molecule has 0 heterocycles. The number of aliphatic hydroxyl groups is 1. The van der Waals surface area contributed by atoms with E-state index in [2.05, 4.69) is 10.6 Å². The number of hydrogen-bond acceptors (Lipinski definition) is 8. The van der Waals surface area contributed by atoms with Crippen molar-refractivity contribution in [3.05, 3.63) is 0 Å². The first-order chi connectivity index (χ1) is 12.6. The van der Waals surface area contributed by atoms with Crippen molar-refractivity contribution in [2.75, 3.05) is 26.2 Å². The summed E-state index contributed by atoms with van der Waals surface area (Å²) < 4.78 is 0. The van der Waals surface area contributed by atoms with Crippen LogP contribution in [0.5, 0.6) is 0 Å². The van der Waals surface area contributed by atoms with E-state index < -0.39 is 80.3 Å². The van der Waals surface area contributed by atoms with Gasteiger partial charge in [0, 0.05) is 0 Å². The number of carbonyl (C=O) groups excluding carboxylic acids is 4. The van der Waals surface area contributed by atoms with E-state index in [0.717, 1.165) is 0 Å². The van der Waals surface area contributed by atoms with Gasteiger partial charge in [-0.25, -0.2) is 0 Å². The zero-order valence-electron chi connectivity index (χ0n) is 14.1. The summed E-state index contributed by atoms with van der Waals surface area (Å²) in [5, 5.41) is 34.5. The van der Waals surface area contributed by atoms with Crippen LogP contribution in [0.1, 0.15) is 6.42 Å². The predicted molar refractivity (Wildman–Crippen MR) is 85.9 cm³/mol. The largest absolute Gasteiger partial charge is 0.481 e. The maximum atomic E-state index is 12.1. The average molecular weight is 391 g/mol. The second-order valence-corrected chi connectivity index (χ2v) is 5.05. The van der Waals surface area contributed by atoms with Crippen molar-refractivity contribution in [3.8, 4) is 0 Å². The number of nitrogens with one attached hydrogen (secondary N) is 4. The van der Waals surface area contributed by atoms with E-state index in [4.69, 9.17) is 15.9 Å². The lowest BCUT2D eigenvalue weighted by molar-refractivity contribution is -0.141. The van der Waals surface area contributed by atoms with Crippen LogP contribution in [0.2, 0.25) is 0 Å². The smallest absolute Gasteiger partial charge is 0.322 e. The van der Waals surface area contributed by atoms with E-state index in [9.17, 15) is 33.9 Å². The summed E-state index contributed by atoms with van der Waals surface area (Å²) >= 11 is 0. The molecule has 14 heteroatoms. The van der Waals surface area contributed by atoms with Crippen molar-refractivity contribution < 1.29 is 44.1 Å². The molecule has 0 aliphatic heterocycles. The molecule has 0 aliphatic carbocycles. The van der Waals surface area contributed by atoms with Crippen molar-refractivity contribution in [2.24, 2.45) is 5.73 Å². The molecule has 0 spiro atoms. The normalized spacial score (nSPS) is 12.2. The maximum Gasteiger partial charge on any atom is 0.322 e. The predicted octanol–water partition coefficient (Wildman–Crippen LogP) is -5.30. The number of hydrogen-bond donors (Lipinski definition) is 8. The summed E-state index contributed by atoms with van der Waals surface area (Å²) in [5.74, 6) is -6.39. The number of rotatable bonds is 12. The minimum atomic E-state index is -1.55. The Morgan fingerprint density at radius 1 is 0.778 bits per heavy atom. The summed E-state index contributed by atoms with van der Waals surface area (Å²) in [6.45, 7) is -2.68. The van der Waals surface area contributed by atoms with Crippen LogP contribution in [0.3, 0.4) is 0 Å². The fourth-order valence-corrected chi connectivity index (χ4v) is 1.63. The van der Waals surface area contributed by atoms with E-state index in [1.165, 1.54) is 0 Å². The van der Waals surface area contributed by atoms with E-state index >= 15 is 0 Å². The van der Waals surface area contributed by atoms with Gasteiger partial charge < -0.3 is 42.3 Å². The van der Waals surface area contributed by atoms with E-state index in [-0.39, 0.29) is 0 Å². The molecule has 4 amide bonds. The van der Waals surface area contributed by atoms with Gasteiger partial charge in [0.2, 0.25) is 23.6 Å². The zero-order chi connectivity index (χ0) is 21.0. The van der Waals surface area contributed by atoms with Crippen LogP contribution >= 0.6 is 0 Å². The Balaban J connectivity index is 4.75. The number of aliphatic carboxylic acids is 2. The number of amides is 4. The molecule has 0 saturated carbocycles. The highest BCUT2D eigenvalue weighted by Gasteiger charge is 2.28. The Kier molecular flexibility index (Phi) is 10.7. The van der Waals surface area contributed by atoms with Crippen LogP contribution in [0.15, 0.2) is 0 Å². The molecule has 0 bridgehead atoms. The van der Waals surface area contributed by atoms with Gasteiger partial charge in [0.25, 0.3) is 0 Å². The average Bonchev–Trinajstić information content (AvgIpc) is 2.60. The highest BCUT2D eigenvalue weighted by Crippen LogP contribution is 1.95. The third-order valence-electron chi connectivity index (χ3n) is 2.89. The molecule has 0 aromatic heterocycles. The van der Waals surface area contributed by atoms with Gasteiger partial charge in [-0.05, 0) is 0 Å². The summed E-state index contributed by atoms with van der Waals surface area (Å²) in [6.07, 6.45) is -0.797. The maximum absolute atomic E-state index is 12.1. The SMILES string of the molecule is NCC(=O)NC(CC(=O)O)C(=O)NC(CO)C(=O)NCC(=O)NCC(=O)O. The molecule has 0 rings (SSSR count). The van der Waals surface area contributed by atoms with Crippen molar-refractivity contribution in [2.45, 2.75) is 18.5 Å². The van der Waals surface area contributed by atoms with Gasteiger partial charge in [-0.15, -0.1) is 0 Å². The van der Waals surface area contributed by atoms with Gasteiger partial charge in [-0.2, -0.15) is 0 Å². The fraction of sp³-hybridized carbons (Fsp3) is 0.538. The Bertz CT molecular complexity index is 595. The highest BCUT2D eigenvalue weighted by molar-refractivity contribution is 5.95. The number of carboxylic acids is 2. The van der Waals surface area contributed by atoms with Gasteiger partial charge >= 0.3 is 11.9 Å². The van der Waals surface area contributed by atoms with Crippen LogP contribution < -0.4 is 27.0 Å². The molecule has 152 valence electrons. The summed E-state index contributed by atoms with van der Waals surface area (Å²) in [7, 11) is 0. The van der Waals surface area contributed by atoms with Crippen LogP contribution in [-0.2, 0) is 28.8 Å². The van der Waals surface area contributed by atoms with Crippen molar-refractivity contribution >= 4 is 35.6 Å². The van der Waals surface area contributed by atoms with Gasteiger partial charge in [0.1, 0.15) is 18.6 Å². The molecule has 0 aromatic carbocycles. The standard InChI is InChI=1S/C13H21N5O9/c14-2-8(20)17-6(1-10(22)23)13(27)18-7(5-19)12(26)16-3-9(21)15-4-11(24)25/h6-7,19H,1-5,14H2,(H,15,21)(H,16,26)(H,17,20)(H,18,27)(H,22,23)(H,24,25). The fourth-order valence-electron chi connectivity index (χ4n) is 1.63. The van der Waals surface area contributed by atoms with Crippen molar-refractivity contribution in [1.82, 2.24) is 21.3 Å². The second-order valence-electron chi connectivity index (χ2n) is 5.05. The monoisotopic (exact) mass is 391 g/mol. The third kappa shape index (κ3) is 10.4.